The van der Waals surface area contributed by atoms with Gasteiger partial charge in [0.25, 0.3) is 5.91 Å². The van der Waals surface area contributed by atoms with Gasteiger partial charge in [-0.3, -0.25) is 4.79 Å². The van der Waals surface area contributed by atoms with Crippen molar-refractivity contribution in [3.8, 4) is 11.5 Å². The highest BCUT2D eigenvalue weighted by molar-refractivity contribution is 5.92. The van der Waals surface area contributed by atoms with E-state index in [1.165, 1.54) is 0 Å². The summed E-state index contributed by atoms with van der Waals surface area (Å²) >= 11 is 0. The second-order valence-corrected chi connectivity index (χ2v) is 6.28. The number of anilines is 2. The van der Waals surface area contributed by atoms with Crippen LogP contribution in [0.25, 0.3) is 0 Å². The number of ether oxygens (including phenoxy) is 3. The molecular weight excluding hydrogens is 344 g/mol. The van der Waals surface area contributed by atoms with E-state index in [9.17, 15) is 4.79 Å². The normalized spacial score (nSPS) is 13.9. The molecule has 27 heavy (non-hydrogen) atoms. The van der Waals surface area contributed by atoms with Gasteiger partial charge >= 0.3 is 0 Å². The molecule has 0 radical (unpaired) electrons. The molecule has 0 aromatic heterocycles. The molecule has 1 amide bonds. The van der Waals surface area contributed by atoms with E-state index in [1.54, 1.807) is 6.07 Å². The van der Waals surface area contributed by atoms with Crippen LogP contribution in [-0.4, -0.2) is 45.4 Å². The van der Waals surface area contributed by atoms with Gasteiger partial charge in [0.05, 0.1) is 19.8 Å². The highest BCUT2D eigenvalue weighted by Gasteiger charge is 2.12. The maximum atomic E-state index is 12.2. The molecule has 1 saturated heterocycles. The van der Waals surface area contributed by atoms with Gasteiger partial charge in [-0.05, 0) is 42.8 Å². The van der Waals surface area contributed by atoms with E-state index in [4.69, 9.17) is 14.2 Å². The number of amides is 1. The molecule has 1 aliphatic rings. The number of carbonyl (C=O) groups excluding carboxylic acids is 1. The summed E-state index contributed by atoms with van der Waals surface area (Å²) in [5.74, 6) is 1.02. The maximum Gasteiger partial charge on any atom is 0.262 e. The fourth-order valence-corrected chi connectivity index (χ4v) is 2.82. The molecule has 144 valence electrons. The molecule has 6 nitrogen and oxygen atoms in total. The Morgan fingerprint density at radius 3 is 2.37 bits per heavy atom. The minimum absolute atomic E-state index is 0.0717. The minimum atomic E-state index is -0.209. The van der Waals surface area contributed by atoms with Crippen molar-refractivity contribution < 1.29 is 19.0 Å². The number of nitrogens with one attached hydrogen (secondary N) is 1. The van der Waals surface area contributed by atoms with Crippen molar-refractivity contribution in [2.24, 2.45) is 0 Å². The quantitative estimate of drug-likeness (QED) is 0.772. The van der Waals surface area contributed by atoms with Crippen LogP contribution in [0.4, 0.5) is 11.4 Å². The zero-order chi connectivity index (χ0) is 18.9. The van der Waals surface area contributed by atoms with E-state index in [0.29, 0.717) is 18.1 Å². The first-order valence-electron chi connectivity index (χ1n) is 9.33. The molecule has 2 aromatic rings. The second kappa shape index (κ2) is 9.83. The van der Waals surface area contributed by atoms with Gasteiger partial charge in [-0.2, -0.15) is 0 Å². The van der Waals surface area contributed by atoms with Gasteiger partial charge in [-0.15, -0.1) is 0 Å². The molecule has 0 unspecified atom stereocenters. The number of benzene rings is 2. The number of nitrogens with zero attached hydrogens (tertiary/aromatic N) is 1. The first kappa shape index (κ1) is 19.0. The van der Waals surface area contributed by atoms with Crippen LogP contribution in [0.5, 0.6) is 11.5 Å². The highest BCUT2D eigenvalue weighted by atomic mass is 16.5. The van der Waals surface area contributed by atoms with Gasteiger partial charge in [-0.1, -0.05) is 19.1 Å². The first-order chi connectivity index (χ1) is 13.3. The van der Waals surface area contributed by atoms with Crippen LogP contribution in [-0.2, 0) is 9.53 Å². The second-order valence-electron chi connectivity index (χ2n) is 6.28. The summed E-state index contributed by atoms with van der Waals surface area (Å²) in [7, 11) is 0. The molecule has 1 fully saturated rings. The van der Waals surface area contributed by atoms with Gasteiger partial charge < -0.3 is 24.4 Å². The molecule has 0 atom stereocenters. The van der Waals surface area contributed by atoms with Crippen LogP contribution in [0.3, 0.4) is 0 Å². The lowest BCUT2D eigenvalue weighted by Crippen LogP contribution is -2.36. The van der Waals surface area contributed by atoms with Crippen LogP contribution >= 0.6 is 0 Å². The molecule has 0 aliphatic carbocycles. The Bertz CT molecular complexity index is 727. The summed E-state index contributed by atoms with van der Waals surface area (Å²) in [5, 5.41) is 2.86. The van der Waals surface area contributed by atoms with E-state index in [-0.39, 0.29) is 12.5 Å². The Labute approximate surface area is 160 Å². The Balaban J connectivity index is 1.51. The summed E-state index contributed by atoms with van der Waals surface area (Å²) in [6.45, 7) is 5.86. The largest absolute Gasteiger partial charge is 0.490 e. The van der Waals surface area contributed by atoms with Gasteiger partial charge in [-0.25, -0.2) is 0 Å². The van der Waals surface area contributed by atoms with E-state index in [2.05, 4.69) is 10.2 Å². The van der Waals surface area contributed by atoms with Crippen molar-refractivity contribution in [2.75, 3.05) is 49.7 Å². The fraction of sp³-hybridized carbons (Fsp3) is 0.381. The summed E-state index contributed by atoms with van der Waals surface area (Å²) in [4.78, 5) is 14.5. The van der Waals surface area contributed by atoms with Gasteiger partial charge in [0.2, 0.25) is 0 Å². The topological polar surface area (TPSA) is 60.0 Å². The first-order valence-corrected chi connectivity index (χ1v) is 9.33. The van der Waals surface area contributed by atoms with Crippen LogP contribution < -0.4 is 19.7 Å². The predicted molar refractivity (Wildman–Crippen MR) is 106 cm³/mol. The summed E-state index contributed by atoms with van der Waals surface area (Å²) in [6.07, 6.45) is 0.912. The number of para-hydroxylation sites is 2. The molecule has 2 aromatic carbocycles. The van der Waals surface area contributed by atoms with E-state index in [0.717, 1.165) is 44.1 Å². The Morgan fingerprint density at radius 1 is 1.04 bits per heavy atom. The lowest BCUT2D eigenvalue weighted by atomic mass is 10.2. The number of hydrogen-bond donors (Lipinski definition) is 1. The Kier molecular flexibility index (Phi) is 6.93. The van der Waals surface area contributed by atoms with Gasteiger partial charge in [0.1, 0.15) is 0 Å². The number of hydrogen-bond acceptors (Lipinski definition) is 5. The SMILES string of the molecule is CCCOc1ccccc1OCC(=O)Nc1ccc(N2CCOCC2)cc1. The zero-order valence-corrected chi connectivity index (χ0v) is 15.6. The predicted octanol–water partition coefficient (Wildman–Crippen LogP) is 3.33. The van der Waals surface area contributed by atoms with Crippen LogP contribution in [0.15, 0.2) is 48.5 Å². The van der Waals surface area contributed by atoms with Gasteiger partial charge in [0.15, 0.2) is 18.1 Å². The van der Waals surface area contributed by atoms with E-state index in [1.807, 2.05) is 49.4 Å². The van der Waals surface area contributed by atoms with Crippen molar-refractivity contribution in [1.82, 2.24) is 0 Å². The van der Waals surface area contributed by atoms with Crippen LogP contribution in [0, 0.1) is 0 Å². The van der Waals surface area contributed by atoms with Crippen molar-refractivity contribution in [2.45, 2.75) is 13.3 Å². The van der Waals surface area contributed by atoms with E-state index < -0.39 is 0 Å². The number of morpholine rings is 1. The van der Waals surface area contributed by atoms with Crippen LogP contribution in [0.1, 0.15) is 13.3 Å². The molecule has 0 saturated carbocycles. The standard InChI is InChI=1S/C21H26N2O4/c1-2-13-26-19-5-3-4-6-20(19)27-16-21(24)22-17-7-9-18(10-8-17)23-11-14-25-15-12-23/h3-10H,2,11-16H2,1H3,(H,22,24). The minimum Gasteiger partial charge on any atom is -0.490 e. The third-order valence-corrected chi connectivity index (χ3v) is 4.20. The highest BCUT2D eigenvalue weighted by Crippen LogP contribution is 2.26. The Morgan fingerprint density at radius 2 is 1.70 bits per heavy atom. The fourth-order valence-electron chi connectivity index (χ4n) is 2.82. The van der Waals surface area contributed by atoms with Gasteiger partial charge in [0, 0.05) is 24.5 Å². The molecule has 0 spiro atoms. The maximum absolute atomic E-state index is 12.2. The van der Waals surface area contributed by atoms with Crippen molar-refractivity contribution in [3.63, 3.8) is 0 Å². The number of rotatable bonds is 8. The molecule has 0 bridgehead atoms. The Hall–Kier alpha value is -2.73. The monoisotopic (exact) mass is 370 g/mol. The number of carbonyl (C=O) groups is 1. The molecule has 1 heterocycles. The molecular formula is C21H26N2O4. The van der Waals surface area contributed by atoms with Crippen molar-refractivity contribution in [1.29, 1.82) is 0 Å². The molecule has 1 N–H and O–H groups in total. The van der Waals surface area contributed by atoms with Crippen molar-refractivity contribution >= 4 is 17.3 Å². The van der Waals surface area contributed by atoms with Crippen LogP contribution in [0.2, 0.25) is 0 Å². The smallest absolute Gasteiger partial charge is 0.262 e. The zero-order valence-electron chi connectivity index (χ0n) is 15.6. The lowest BCUT2D eigenvalue weighted by molar-refractivity contribution is -0.118. The molecule has 3 rings (SSSR count). The third kappa shape index (κ3) is 5.62. The average molecular weight is 370 g/mol. The molecule has 6 heteroatoms. The third-order valence-electron chi connectivity index (χ3n) is 4.20. The summed E-state index contributed by atoms with van der Waals surface area (Å²) < 4.78 is 16.6. The molecule has 1 aliphatic heterocycles. The summed E-state index contributed by atoms with van der Waals surface area (Å²) in [5.41, 5.74) is 1.88. The average Bonchev–Trinajstić information content (AvgIpc) is 2.72. The summed E-state index contributed by atoms with van der Waals surface area (Å²) in [6, 6.07) is 15.2. The van der Waals surface area contributed by atoms with Crippen molar-refractivity contribution in [3.05, 3.63) is 48.5 Å². The lowest BCUT2D eigenvalue weighted by Gasteiger charge is -2.28. The van der Waals surface area contributed by atoms with E-state index >= 15 is 0 Å².